The third-order valence-corrected chi connectivity index (χ3v) is 5.98. The maximum absolute atomic E-state index is 14.2. The van der Waals surface area contributed by atoms with Gasteiger partial charge in [-0.1, -0.05) is 25.3 Å². The summed E-state index contributed by atoms with van der Waals surface area (Å²) in [5.74, 6) is -2.04. The quantitative estimate of drug-likeness (QED) is 0.513. The van der Waals surface area contributed by atoms with Crippen LogP contribution in [0.2, 0.25) is 0 Å². The van der Waals surface area contributed by atoms with Crippen LogP contribution in [0.4, 0.5) is 10.1 Å². The van der Waals surface area contributed by atoms with Gasteiger partial charge in [-0.05, 0) is 60.9 Å². The second-order valence-electron chi connectivity index (χ2n) is 8.43. The van der Waals surface area contributed by atoms with Gasteiger partial charge in [-0.25, -0.2) is 4.39 Å². The van der Waals surface area contributed by atoms with Crippen molar-refractivity contribution in [3.05, 3.63) is 84.3 Å². The number of nitrogens with one attached hydrogen (secondary N) is 2. The third kappa shape index (κ3) is 6.11. The molecule has 0 spiro atoms. The van der Waals surface area contributed by atoms with Crippen LogP contribution in [0, 0.1) is 5.82 Å². The highest BCUT2D eigenvalue weighted by atomic mass is 19.1. The molecular weight excluding hydrogens is 451 g/mol. The van der Waals surface area contributed by atoms with Gasteiger partial charge in [-0.15, -0.1) is 0 Å². The molecule has 1 unspecified atom stereocenters. The molecule has 1 aromatic carbocycles. The van der Waals surface area contributed by atoms with E-state index in [4.69, 9.17) is 4.42 Å². The first kappa shape index (κ1) is 24.1. The highest BCUT2D eigenvalue weighted by molar-refractivity contribution is 6.04. The lowest BCUT2D eigenvalue weighted by Crippen LogP contribution is -2.49. The molecule has 1 atom stereocenters. The highest BCUT2D eigenvalue weighted by Crippen LogP contribution is 2.29. The van der Waals surface area contributed by atoms with Crippen LogP contribution in [0.15, 0.2) is 71.6 Å². The lowest BCUT2D eigenvalue weighted by Gasteiger charge is -2.33. The summed E-state index contributed by atoms with van der Waals surface area (Å²) < 4.78 is 19.3. The largest absolute Gasteiger partial charge is 0.459 e. The molecule has 1 aliphatic rings. The van der Waals surface area contributed by atoms with E-state index in [1.165, 1.54) is 47.8 Å². The van der Waals surface area contributed by atoms with Gasteiger partial charge in [0.1, 0.15) is 11.9 Å². The number of furan rings is 1. The number of carbonyl (C=O) groups is 3. The van der Waals surface area contributed by atoms with Gasteiger partial charge in [0.25, 0.3) is 5.91 Å². The molecule has 1 fully saturated rings. The number of rotatable bonds is 8. The fraction of sp³-hybridized carbons (Fsp3) is 0.308. The van der Waals surface area contributed by atoms with E-state index in [0.29, 0.717) is 5.56 Å². The SMILES string of the molecule is O=C(NCC(=O)N(c1cccc(F)c1)C(C(=O)NC1CCCCC1)c1ccncc1)c1ccco1. The molecule has 4 rings (SSSR count). The van der Waals surface area contributed by atoms with E-state index >= 15 is 0 Å². The Morgan fingerprint density at radius 3 is 2.51 bits per heavy atom. The summed E-state index contributed by atoms with van der Waals surface area (Å²) in [6.45, 7) is -0.422. The number of hydrogen-bond donors (Lipinski definition) is 2. The maximum Gasteiger partial charge on any atom is 0.287 e. The molecule has 35 heavy (non-hydrogen) atoms. The Bertz CT molecular complexity index is 1150. The molecule has 3 amide bonds. The molecule has 0 radical (unpaired) electrons. The number of benzene rings is 1. The van der Waals surface area contributed by atoms with E-state index in [-0.39, 0.29) is 23.4 Å². The minimum Gasteiger partial charge on any atom is -0.459 e. The van der Waals surface area contributed by atoms with E-state index in [9.17, 15) is 18.8 Å². The molecule has 8 nitrogen and oxygen atoms in total. The zero-order valence-electron chi connectivity index (χ0n) is 19.2. The third-order valence-electron chi connectivity index (χ3n) is 5.98. The summed E-state index contributed by atoms with van der Waals surface area (Å²) in [4.78, 5) is 44.7. The summed E-state index contributed by atoms with van der Waals surface area (Å²) in [5, 5.41) is 5.59. The van der Waals surface area contributed by atoms with Crippen LogP contribution in [0.25, 0.3) is 0 Å². The van der Waals surface area contributed by atoms with E-state index in [1.807, 2.05) is 0 Å². The number of hydrogen-bond acceptors (Lipinski definition) is 5. The zero-order valence-corrected chi connectivity index (χ0v) is 19.2. The Morgan fingerprint density at radius 1 is 1.06 bits per heavy atom. The fourth-order valence-electron chi connectivity index (χ4n) is 4.29. The second kappa shape index (κ2) is 11.4. The van der Waals surface area contributed by atoms with Crippen molar-refractivity contribution in [2.24, 2.45) is 0 Å². The first-order chi connectivity index (χ1) is 17.0. The van der Waals surface area contributed by atoms with Crippen molar-refractivity contribution in [1.29, 1.82) is 0 Å². The summed E-state index contributed by atoms with van der Waals surface area (Å²) in [6.07, 6.45) is 9.32. The molecule has 182 valence electrons. The van der Waals surface area contributed by atoms with E-state index in [0.717, 1.165) is 32.1 Å². The summed E-state index contributed by atoms with van der Waals surface area (Å²) >= 11 is 0. The molecule has 1 aliphatic carbocycles. The van der Waals surface area contributed by atoms with Crippen molar-refractivity contribution < 1.29 is 23.2 Å². The average Bonchev–Trinajstić information content (AvgIpc) is 3.42. The first-order valence-corrected chi connectivity index (χ1v) is 11.6. The monoisotopic (exact) mass is 478 g/mol. The van der Waals surface area contributed by atoms with Crippen LogP contribution in [0.5, 0.6) is 0 Å². The highest BCUT2D eigenvalue weighted by Gasteiger charge is 2.34. The number of carbonyl (C=O) groups excluding carboxylic acids is 3. The summed E-state index contributed by atoms with van der Waals surface area (Å²) in [5.41, 5.74) is 0.714. The Hall–Kier alpha value is -4.01. The minimum atomic E-state index is -1.09. The van der Waals surface area contributed by atoms with E-state index in [1.54, 1.807) is 24.3 Å². The van der Waals surface area contributed by atoms with Crippen LogP contribution >= 0.6 is 0 Å². The summed E-state index contributed by atoms with van der Waals surface area (Å²) in [6, 6.07) is 10.7. The van der Waals surface area contributed by atoms with E-state index in [2.05, 4.69) is 15.6 Å². The number of pyridine rings is 1. The van der Waals surface area contributed by atoms with E-state index < -0.39 is 30.2 Å². The van der Waals surface area contributed by atoms with Crippen molar-refractivity contribution in [3.8, 4) is 0 Å². The molecular formula is C26H27FN4O4. The normalized spacial score (nSPS) is 14.7. The standard InChI is InChI=1S/C26H27FN4O4/c27-19-6-4-9-21(16-19)31(23(32)17-29-25(33)22-10-5-15-35-22)24(18-11-13-28-14-12-18)26(34)30-20-7-2-1-3-8-20/h4-6,9-16,20,24H,1-3,7-8,17H2,(H,29,33)(H,30,34). The van der Waals surface area contributed by atoms with Crippen molar-refractivity contribution in [2.75, 3.05) is 11.4 Å². The lowest BCUT2D eigenvalue weighted by molar-refractivity contribution is -0.127. The number of aromatic nitrogens is 1. The predicted octanol–water partition coefficient (Wildman–Crippen LogP) is 3.77. The molecule has 2 N–H and O–H groups in total. The van der Waals surface area contributed by atoms with Crippen molar-refractivity contribution in [1.82, 2.24) is 15.6 Å². The number of halogens is 1. The lowest BCUT2D eigenvalue weighted by atomic mass is 9.94. The number of anilines is 1. The minimum absolute atomic E-state index is 0.00343. The van der Waals surface area contributed by atoms with Gasteiger partial charge >= 0.3 is 0 Å². The van der Waals surface area contributed by atoms with Crippen molar-refractivity contribution in [3.63, 3.8) is 0 Å². The van der Waals surface area contributed by atoms with Crippen LogP contribution in [0.3, 0.4) is 0 Å². The number of nitrogens with zero attached hydrogens (tertiary/aromatic N) is 2. The molecule has 0 bridgehead atoms. The maximum atomic E-state index is 14.2. The Labute approximate surface area is 202 Å². The molecule has 3 aromatic rings. The van der Waals surface area contributed by atoms with Gasteiger partial charge in [-0.3, -0.25) is 24.3 Å². The Kier molecular flexibility index (Phi) is 7.87. The predicted molar refractivity (Wildman–Crippen MR) is 127 cm³/mol. The molecule has 2 heterocycles. The fourth-order valence-corrected chi connectivity index (χ4v) is 4.29. The molecule has 0 saturated heterocycles. The van der Waals surface area contributed by atoms with Gasteiger partial charge in [-0.2, -0.15) is 0 Å². The molecule has 1 saturated carbocycles. The second-order valence-corrected chi connectivity index (χ2v) is 8.43. The smallest absolute Gasteiger partial charge is 0.287 e. The zero-order chi connectivity index (χ0) is 24.6. The molecule has 9 heteroatoms. The Balaban J connectivity index is 1.66. The summed E-state index contributed by atoms with van der Waals surface area (Å²) in [7, 11) is 0. The number of amides is 3. The van der Waals surface area contributed by atoms with Gasteiger partial charge in [0.05, 0.1) is 12.8 Å². The van der Waals surface area contributed by atoms with Crippen molar-refractivity contribution in [2.45, 2.75) is 44.2 Å². The first-order valence-electron chi connectivity index (χ1n) is 11.6. The van der Waals surface area contributed by atoms with Crippen molar-refractivity contribution >= 4 is 23.4 Å². The van der Waals surface area contributed by atoms with Gasteiger partial charge in [0, 0.05) is 24.1 Å². The van der Waals surface area contributed by atoms with Crippen LogP contribution in [0.1, 0.15) is 54.3 Å². The topological polar surface area (TPSA) is 105 Å². The van der Waals surface area contributed by atoms with Gasteiger partial charge in [0.2, 0.25) is 11.8 Å². The van der Waals surface area contributed by atoms with Crippen LogP contribution in [-0.4, -0.2) is 35.3 Å². The molecule has 2 aromatic heterocycles. The molecule has 0 aliphatic heterocycles. The Morgan fingerprint density at radius 2 is 1.83 bits per heavy atom. The van der Waals surface area contributed by atoms with Gasteiger partial charge in [0.15, 0.2) is 5.76 Å². The van der Waals surface area contributed by atoms with Crippen LogP contribution < -0.4 is 15.5 Å². The van der Waals surface area contributed by atoms with Gasteiger partial charge < -0.3 is 15.1 Å². The average molecular weight is 479 g/mol. The van der Waals surface area contributed by atoms with Crippen LogP contribution in [-0.2, 0) is 9.59 Å².